The highest BCUT2D eigenvalue weighted by atomic mass is 16.5. The molecule has 0 amide bonds. The van der Waals surface area contributed by atoms with Crippen LogP contribution in [0.2, 0.25) is 0 Å². The first-order chi connectivity index (χ1) is 8.16. The molecule has 0 atom stereocenters. The van der Waals surface area contributed by atoms with Crippen molar-refractivity contribution >= 4 is 5.97 Å². The predicted molar refractivity (Wildman–Crippen MR) is 64.0 cm³/mol. The number of hydrogen-bond donors (Lipinski definition) is 1. The molecule has 0 unspecified atom stereocenters. The highest BCUT2D eigenvalue weighted by molar-refractivity contribution is 5.88. The molecule has 0 spiro atoms. The predicted octanol–water partition coefficient (Wildman–Crippen LogP) is 2.22. The van der Waals surface area contributed by atoms with E-state index in [1.807, 2.05) is 0 Å². The first-order valence-corrected chi connectivity index (χ1v) is 5.98. The number of aromatic nitrogens is 2. The van der Waals surface area contributed by atoms with Gasteiger partial charge in [-0.15, -0.1) is 0 Å². The van der Waals surface area contributed by atoms with Crippen LogP contribution in [0.1, 0.15) is 48.7 Å². The van der Waals surface area contributed by atoms with E-state index in [0.29, 0.717) is 18.9 Å². The molecule has 1 aromatic heterocycles. The molecule has 0 fully saturated rings. The quantitative estimate of drug-likeness (QED) is 0.707. The van der Waals surface area contributed by atoms with Crippen molar-refractivity contribution in [2.45, 2.75) is 39.2 Å². The van der Waals surface area contributed by atoms with Gasteiger partial charge < -0.3 is 9.84 Å². The minimum absolute atomic E-state index is 0.223. The summed E-state index contributed by atoms with van der Waals surface area (Å²) in [5.41, 5.74) is 0.842. The van der Waals surface area contributed by atoms with Crippen LogP contribution < -0.4 is 0 Å². The fraction of sp³-hybridized carbons (Fsp3) is 0.667. The molecule has 1 heterocycles. The summed E-state index contributed by atoms with van der Waals surface area (Å²) in [6.07, 6.45) is 5.96. The topological polar surface area (TPSA) is 64.3 Å². The van der Waals surface area contributed by atoms with Crippen LogP contribution >= 0.6 is 0 Å². The van der Waals surface area contributed by atoms with Gasteiger partial charge in [0.2, 0.25) is 0 Å². The Kier molecular flexibility index (Phi) is 5.69. The maximum atomic E-state index is 10.9. The van der Waals surface area contributed by atoms with Gasteiger partial charge in [-0.25, -0.2) is 4.79 Å². The number of hydrogen-bond acceptors (Lipinski definition) is 3. The van der Waals surface area contributed by atoms with Gasteiger partial charge in [-0.3, -0.25) is 4.68 Å². The molecule has 96 valence electrons. The first kappa shape index (κ1) is 13.7. The molecule has 0 saturated heterocycles. The molecule has 1 N–H and O–H groups in total. The molecule has 5 nitrogen and oxygen atoms in total. The lowest BCUT2D eigenvalue weighted by Gasteiger charge is -2.05. The summed E-state index contributed by atoms with van der Waals surface area (Å²) >= 11 is 0. The Morgan fingerprint density at radius 2 is 2.24 bits per heavy atom. The third-order valence-corrected chi connectivity index (χ3v) is 2.67. The van der Waals surface area contributed by atoms with Gasteiger partial charge in [-0.2, -0.15) is 5.10 Å². The van der Waals surface area contributed by atoms with Crippen molar-refractivity contribution in [2.24, 2.45) is 7.05 Å². The fourth-order valence-electron chi connectivity index (χ4n) is 1.61. The molecule has 5 heteroatoms. The zero-order valence-corrected chi connectivity index (χ0v) is 10.5. The molecule has 0 aliphatic carbocycles. The SMILES string of the molecule is CCCCCCOCc1c(C(=O)O)cnn1C. The summed E-state index contributed by atoms with van der Waals surface area (Å²) in [4.78, 5) is 10.9. The Morgan fingerprint density at radius 3 is 2.88 bits per heavy atom. The van der Waals surface area contributed by atoms with Gasteiger partial charge in [-0.1, -0.05) is 26.2 Å². The second-order valence-electron chi connectivity index (χ2n) is 4.05. The molecule has 0 aliphatic heterocycles. The number of rotatable bonds is 8. The maximum Gasteiger partial charge on any atom is 0.339 e. The highest BCUT2D eigenvalue weighted by Crippen LogP contribution is 2.09. The fourth-order valence-corrected chi connectivity index (χ4v) is 1.61. The molecule has 0 saturated carbocycles. The smallest absolute Gasteiger partial charge is 0.339 e. The maximum absolute atomic E-state index is 10.9. The van der Waals surface area contributed by atoms with Gasteiger partial charge in [0.05, 0.1) is 18.5 Å². The molecule has 0 aromatic carbocycles. The summed E-state index contributed by atoms with van der Waals surface area (Å²) < 4.78 is 7.02. The number of carbonyl (C=O) groups is 1. The van der Waals surface area contributed by atoms with Crippen molar-refractivity contribution in [3.8, 4) is 0 Å². The van der Waals surface area contributed by atoms with E-state index in [4.69, 9.17) is 9.84 Å². The van der Waals surface area contributed by atoms with Crippen molar-refractivity contribution in [3.05, 3.63) is 17.5 Å². The number of ether oxygens (including phenoxy) is 1. The van der Waals surface area contributed by atoms with E-state index in [9.17, 15) is 4.79 Å². The van der Waals surface area contributed by atoms with Crippen LogP contribution in [0.5, 0.6) is 0 Å². The van der Waals surface area contributed by atoms with Crippen LogP contribution in [-0.2, 0) is 18.4 Å². The van der Waals surface area contributed by atoms with E-state index in [1.165, 1.54) is 19.0 Å². The largest absolute Gasteiger partial charge is 0.478 e. The van der Waals surface area contributed by atoms with Crippen LogP contribution in [0.4, 0.5) is 0 Å². The van der Waals surface area contributed by atoms with E-state index >= 15 is 0 Å². The van der Waals surface area contributed by atoms with Crippen LogP contribution in [0.15, 0.2) is 6.20 Å². The third-order valence-electron chi connectivity index (χ3n) is 2.67. The van der Waals surface area contributed by atoms with Crippen LogP contribution in [0, 0.1) is 0 Å². The Bertz CT molecular complexity index is 361. The van der Waals surface area contributed by atoms with Crippen molar-refractivity contribution in [1.29, 1.82) is 0 Å². The van der Waals surface area contributed by atoms with Gasteiger partial charge in [0.15, 0.2) is 0 Å². The van der Waals surface area contributed by atoms with Crippen molar-refractivity contribution in [3.63, 3.8) is 0 Å². The normalized spacial score (nSPS) is 10.7. The minimum atomic E-state index is -0.956. The first-order valence-electron chi connectivity index (χ1n) is 5.98. The van der Waals surface area contributed by atoms with Crippen LogP contribution in [0.25, 0.3) is 0 Å². The third kappa shape index (κ3) is 4.19. The number of carboxylic acid groups (broad SMARTS) is 1. The zero-order chi connectivity index (χ0) is 12.7. The molecule has 1 aromatic rings. The number of aromatic carboxylic acids is 1. The van der Waals surface area contributed by atoms with Gasteiger partial charge >= 0.3 is 5.97 Å². The number of nitrogens with zero attached hydrogens (tertiary/aromatic N) is 2. The zero-order valence-electron chi connectivity index (χ0n) is 10.5. The van der Waals surface area contributed by atoms with E-state index in [0.717, 1.165) is 12.8 Å². The van der Waals surface area contributed by atoms with Crippen molar-refractivity contribution in [2.75, 3.05) is 6.61 Å². The number of aryl methyl sites for hydroxylation is 1. The van der Waals surface area contributed by atoms with Gasteiger partial charge in [0.1, 0.15) is 5.56 Å². The average molecular weight is 240 g/mol. The number of carboxylic acids is 1. The van der Waals surface area contributed by atoms with E-state index in [1.54, 1.807) is 11.7 Å². The summed E-state index contributed by atoms with van der Waals surface area (Å²) in [6, 6.07) is 0. The second-order valence-corrected chi connectivity index (χ2v) is 4.05. The highest BCUT2D eigenvalue weighted by Gasteiger charge is 2.14. The molecule has 1 rings (SSSR count). The monoisotopic (exact) mass is 240 g/mol. The molecule has 17 heavy (non-hydrogen) atoms. The molecular weight excluding hydrogens is 220 g/mol. The number of unbranched alkanes of at least 4 members (excludes halogenated alkanes) is 3. The Balaban J connectivity index is 2.36. The van der Waals surface area contributed by atoms with E-state index < -0.39 is 5.97 Å². The van der Waals surface area contributed by atoms with Crippen molar-refractivity contribution in [1.82, 2.24) is 9.78 Å². The van der Waals surface area contributed by atoms with E-state index in [2.05, 4.69) is 12.0 Å². The molecule has 0 radical (unpaired) electrons. The standard InChI is InChI=1S/C12H20N2O3/c1-3-4-5-6-7-17-9-11-10(12(15)16)8-13-14(11)2/h8H,3-7,9H2,1-2H3,(H,15,16). The summed E-state index contributed by atoms with van der Waals surface area (Å²) in [6.45, 7) is 3.14. The average Bonchev–Trinajstić information content (AvgIpc) is 2.65. The summed E-state index contributed by atoms with van der Waals surface area (Å²) in [7, 11) is 1.72. The Labute approximate surface area is 101 Å². The second kappa shape index (κ2) is 7.06. The lowest BCUT2D eigenvalue weighted by molar-refractivity contribution is 0.0685. The van der Waals surface area contributed by atoms with Crippen molar-refractivity contribution < 1.29 is 14.6 Å². The van der Waals surface area contributed by atoms with Gasteiger partial charge in [-0.05, 0) is 6.42 Å². The van der Waals surface area contributed by atoms with Gasteiger partial charge in [0.25, 0.3) is 0 Å². The minimum Gasteiger partial charge on any atom is -0.478 e. The lowest BCUT2D eigenvalue weighted by Crippen LogP contribution is -2.07. The van der Waals surface area contributed by atoms with Gasteiger partial charge in [0, 0.05) is 13.7 Å². The van der Waals surface area contributed by atoms with Crippen LogP contribution in [0.3, 0.4) is 0 Å². The Morgan fingerprint density at radius 1 is 1.47 bits per heavy atom. The van der Waals surface area contributed by atoms with E-state index in [-0.39, 0.29) is 5.56 Å². The molecular formula is C12H20N2O3. The summed E-state index contributed by atoms with van der Waals surface area (Å²) in [5, 5.41) is 12.9. The van der Waals surface area contributed by atoms with Crippen LogP contribution in [-0.4, -0.2) is 27.5 Å². The Hall–Kier alpha value is -1.36. The molecule has 0 aliphatic rings. The lowest BCUT2D eigenvalue weighted by atomic mass is 10.2. The summed E-state index contributed by atoms with van der Waals surface area (Å²) in [5.74, 6) is -0.956. The molecule has 0 bridgehead atoms.